The van der Waals surface area contributed by atoms with Gasteiger partial charge in [-0.1, -0.05) is 86.6 Å². The lowest BCUT2D eigenvalue weighted by Crippen LogP contribution is -2.28. The summed E-state index contributed by atoms with van der Waals surface area (Å²) in [7, 11) is 0. The minimum atomic E-state index is -1.07. The second-order valence-corrected chi connectivity index (χ2v) is 16.0. The number of fused-ring (bicyclic) bond motifs is 3. The van der Waals surface area contributed by atoms with Gasteiger partial charge in [0.05, 0.1) is 49.8 Å². The summed E-state index contributed by atoms with van der Waals surface area (Å²) in [6.07, 6.45) is -0.630. The van der Waals surface area contributed by atoms with Crippen molar-refractivity contribution >= 4 is 120 Å². The van der Waals surface area contributed by atoms with Gasteiger partial charge in [0.25, 0.3) is 11.1 Å². The van der Waals surface area contributed by atoms with Gasteiger partial charge in [-0.3, -0.25) is 24.3 Å². The van der Waals surface area contributed by atoms with E-state index in [1.165, 1.54) is 22.7 Å². The smallest absolute Gasteiger partial charge is 0.344 e. The van der Waals surface area contributed by atoms with Crippen LogP contribution in [0.4, 0.5) is 0 Å². The molecule has 0 fully saturated rings. The highest BCUT2D eigenvalue weighted by molar-refractivity contribution is 9.10. The van der Waals surface area contributed by atoms with Gasteiger partial charge in [0, 0.05) is 21.2 Å². The molecule has 0 aliphatic heterocycles. The third-order valence-corrected chi connectivity index (χ3v) is 10.2. The standard InChI is InChI=1S/C20H15Cl2N3O3.C12H11BrCl2O3.C8H7N3OS/c1-10(2)28-20(27)16-17(12-8-7-11(21)9-14(12)22)24-25-18(16)23-15-6-4-3-5-13(15)19(25)26;1-6(2)18-12(17)10(13)11(16)8-4-3-7(14)5-9(8)15;9-11-7(12)5-3-1-2-4-6(5)10-8(11)13/h3-10,24H,1-2H3;3-6,10H,1-2H3;1-4H,9H2,(H,10,13). The van der Waals surface area contributed by atoms with E-state index < -0.39 is 22.5 Å². The molecule has 0 aliphatic carbocycles. The van der Waals surface area contributed by atoms with E-state index in [-0.39, 0.29) is 49.9 Å². The number of hydrogen-bond acceptors (Lipinski definition) is 10. The van der Waals surface area contributed by atoms with Gasteiger partial charge >= 0.3 is 11.9 Å². The van der Waals surface area contributed by atoms with Crippen LogP contribution in [0.3, 0.4) is 0 Å². The number of ketones is 1. The van der Waals surface area contributed by atoms with E-state index in [1.807, 2.05) is 6.07 Å². The topological polar surface area (TPSA) is 184 Å². The molecule has 59 heavy (non-hydrogen) atoms. The van der Waals surface area contributed by atoms with Crippen LogP contribution in [-0.2, 0) is 14.3 Å². The molecule has 1 unspecified atom stereocenters. The van der Waals surface area contributed by atoms with Crippen molar-refractivity contribution in [1.29, 1.82) is 0 Å². The first-order chi connectivity index (χ1) is 27.9. The van der Waals surface area contributed by atoms with Gasteiger partial charge in [-0.15, -0.1) is 0 Å². The van der Waals surface area contributed by atoms with Crippen molar-refractivity contribution in [1.82, 2.24) is 24.3 Å². The zero-order chi connectivity index (χ0) is 43.3. The average molecular weight is 964 g/mol. The first-order valence-electron chi connectivity index (χ1n) is 17.4. The number of ether oxygens (including phenoxy) is 2. The van der Waals surface area contributed by atoms with Crippen molar-refractivity contribution < 1.29 is 23.9 Å². The molecule has 0 spiro atoms. The highest BCUT2D eigenvalue weighted by Crippen LogP contribution is 2.34. The van der Waals surface area contributed by atoms with Crippen LogP contribution in [-0.4, -0.2) is 59.0 Å². The van der Waals surface area contributed by atoms with E-state index in [4.69, 9.17) is 73.9 Å². The van der Waals surface area contributed by atoms with Crippen LogP contribution in [0.25, 0.3) is 38.7 Å². The van der Waals surface area contributed by atoms with Gasteiger partial charge in [0.2, 0.25) is 0 Å². The fourth-order valence-corrected chi connectivity index (χ4v) is 6.99. The van der Waals surface area contributed by atoms with Gasteiger partial charge < -0.3 is 20.3 Å². The maximum absolute atomic E-state index is 13.0. The summed E-state index contributed by atoms with van der Waals surface area (Å²) in [6.45, 7) is 6.90. The first-order valence-corrected chi connectivity index (χ1v) is 20.3. The van der Waals surface area contributed by atoms with Crippen LogP contribution in [0.2, 0.25) is 20.1 Å². The third kappa shape index (κ3) is 10.4. The normalized spacial score (nSPS) is 11.5. The van der Waals surface area contributed by atoms with Crippen molar-refractivity contribution in [3.63, 3.8) is 0 Å². The van der Waals surface area contributed by atoms with Crippen LogP contribution in [0.15, 0.2) is 94.5 Å². The molecular formula is C40H33BrCl4N6O7S. The number of para-hydroxylation sites is 2. The predicted octanol–water partition coefficient (Wildman–Crippen LogP) is 9.38. The molecule has 0 amide bonds. The van der Waals surface area contributed by atoms with Gasteiger partial charge in [-0.05, 0) is 101 Å². The first kappa shape index (κ1) is 45.1. The number of aromatic amines is 2. The van der Waals surface area contributed by atoms with E-state index in [0.29, 0.717) is 48.1 Å². The third-order valence-electron chi connectivity index (χ3n) is 8.04. The van der Waals surface area contributed by atoms with E-state index in [9.17, 15) is 24.0 Å². The van der Waals surface area contributed by atoms with E-state index >= 15 is 0 Å². The molecule has 4 N–H and O–H groups in total. The summed E-state index contributed by atoms with van der Waals surface area (Å²) in [4.78, 5) is 67.3. The Balaban J connectivity index is 0.000000183. The molecule has 4 aromatic carbocycles. The maximum Gasteiger partial charge on any atom is 0.344 e. The predicted molar refractivity (Wildman–Crippen MR) is 238 cm³/mol. The average Bonchev–Trinajstić information content (AvgIpc) is 3.56. The molecule has 3 aromatic heterocycles. The fraction of sp³-hybridized carbons (Fsp3) is 0.175. The molecule has 1 atom stereocenters. The van der Waals surface area contributed by atoms with Crippen molar-refractivity contribution in [3.05, 3.63) is 142 Å². The number of halogens is 5. The Hall–Kier alpha value is -5.03. The number of H-pyrrole nitrogens is 2. The highest BCUT2D eigenvalue weighted by Gasteiger charge is 2.29. The summed E-state index contributed by atoms with van der Waals surface area (Å²) in [6, 6.07) is 23.4. The Labute approximate surface area is 369 Å². The lowest BCUT2D eigenvalue weighted by molar-refractivity contribution is -0.145. The SMILES string of the molecule is CC(C)OC(=O)C(Br)C(=O)c1ccc(Cl)cc1Cl.CC(C)OC(=O)c1c(-c2ccc(Cl)cc2Cl)[nH]n2c(=O)c3ccccc3nc12.Nn1c(=S)[nH]c2ccccc2c1=O. The minimum Gasteiger partial charge on any atom is -0.462 e. The molecule has 7 rings (SSSR count). The van der Waals surface area contributed by atoms with Gasteiger partial charge in [0.15, 0.2) is 21.0 Å². The minimum absolute atomic E-state index is 0.140. The number of carbonyl (C=O) groups is 3. The molecule has 0 saturated carbocycles. The van der Waals surface area contributed by atoms with Crippen LogP contribution in [0.1, 0.15) is 48.4 Å². The number of hydrogen-bond donors (Lipinski definition) is 3. The molecule has 0 radical (unpaired) electrons. The van der Waals surface area contributed by atoms with Gasteiger partial charge in [-0.2, -0.15) is 9.19 Å². The monoisotopic (exact) mass is 960 g/mol. The maximum atomic E-state index is 13.0. The number of nitrogens with zero attached hydrogens (tertiary/aromatic N) is 3. The van der Waals surface area contributed by atoms with E-state index in [1.54, 1.807) is 88.4 Å². The number of esters is 2. The van der Waals surface area contributed by atoms with Crippen molar-refractivity contribution in [3.8, 4) is 11.3 Å². The highest BCUT2D eigenvalue weighted by atomic mass is 79.9. The number of nitrogens with one attached hydrogen (secondary N) is 2. The number of aromatic nitrogens is 5. The number of carbonyl (C=O) groups excluding carboxylic acids is 3. The van der Waals surface area contributed by atoms with Crippen molar-refractivity contribution in [2.45, 2.75) is 44.7 Å². The van der Waals surface area contributed by atoms with Crippen LogP contribution >= 0.6 is 74.6 Å². The Morgan fingerprint density at radius 2 is 1.39 bits per heavy atom. The van der Waals surface area contributed by atoms with Gasteiger partial charge in [0.1, 0.15) is 5.56 Å². The summed E-state index contributed by atoms with van der Waals surface area (Å²) in [5, 5.41) is 5.35. The van der Waals surface area contributed by atoms with Crippen molar-refractivity contribution in [2.24, 2.45) is 0 Å². The number of nitrogens with two attached hydrogens (primary N) is 1. The molecule has 0 aliphatic rings. The van der Waals surface area contributed by atoms with Crippen molar-refractivity contribution in [2.75, 3.05) is 5.84 Å². The molecule has 0 saturated heterocycles. The van der Waals surface area contributed by atoms with E-state index in [2.05, 4.69) is 31.0 Å². The number of Topliss-reactive ketones (excluding diaryl/α,β-unsaturated/α-hetero) is 1. The zero-order valence-corrected chi connectivity index (χ0v) is 36.8. The largest absolute Gasteiger partial charge is 0.462 e. The second-order valence-electron chi connectivity index (χ2n) is 13.0. The Morgan fingerprint density at radius 1 is 0.797 bits per heavy atom. The second kappa shape index (κ2) is 19.4. The molecule has 13 nitrogen and oxygen atoms in total. The number of nitrogen functional groups attached to an aromatic ring is 1. The van der Waals surface area contributed by atoms with Crippen LogP contribution in [0, 0.1) is 4.77 Å². The summed E-state index contributed by atoms with van der Waals surface area (Å²) in [5.74, 6) is 3.72. The molecule has 3 heterocycles. The molecule has 19 heteroatoms. The zero-order valence-electron chi connectivity index (χ0n) is 31.4. The van der Waals surface area contributed by atoms with Crippen LogP contribution < -0.4 is 17.0 Å². The molecule has 7 aromatic rings. The number of alkyl halides is 1. The lowest BCUT2D eigenvalue weighted by Gasteiger charge is -2.12. The van der Waals surface area contributed by atoms with Gasteiger partial charge in [-0.25, -0.2) is 9.78 Å². The Kier molecular flexibility index (Phi) is 14.8. The number of rotatable bonds is 7. The van der Waals surface area contributed by atoms with Crippen LogP contribution in [0.5, 0.6) is 0 Å². The molecular weight excluding hydrogens is 930 g/mol. The summed E-state index contributed by atoms with van der Waals surface area (Å²) < 4.78 is 12.7. The quantitative estimate of drug-likeness (QED) is 0.0348. The Morgan fingerprint density at radius 3 is 2.02 bits per heavy atom. The number of benzene rings is 4. The summed E-state index contributed by atoms with van der Waals surface area (Å²) >= 11 is 31.8. The molecule has 0 bridgehead atoms. The Bertz CT molecular complexity index is 2930. The van der Waals surface area contributed by atoms with E-state index in [0.717, 1.165) is 4.68 Å². The lowest BCUT2D eigenvalue weighted by atomic mass is 10.1. The molecule has 306 valence electrons. The summed E-state index contributed by atoms with van der Waals surface area (Å²) in [5.41, 5.74) is 1.98. The fourth-order valence-electron chi connectivity index (χ4n) is 5.44.